The fourth-order valence-corrected chi connectivity index (χ4v) is 7.04. The Bertz CT molecular complexity index is 869. The molecular formula is C43H77N2+. The topological polar surface area (TPSA) is 8.81 Å². The van der Waals surface area contributed by atoms with E-state index in [1.54, 1.807) is 5.82 Å². The number of rotatable bonds is 33. The van der Waals surface area contributed by atoms with E-state index < -0.39 is 0 Å². The molecule has 0 saturated carbocycles. The van der Waals surface area contributed by atoms with Gasteiger partial charge in [-0.2, -0.15) is 0 Å². The van der Waals surface area contributed by atoms with E-state index in [0.717, 1.165) is 6.54 Å². The monoisotopic (exact) mass is 622 g/mol. The quantitative estimate of drug-likeness (QED) is 0.0554. The van der Waals surface area contributed by atoms with Gasteiger partial charge in [0.25, 0.3) is 5.82 Å². The molecule has 0 aliphatic heterocycles. The van der Waals surface area contributed by atoms with Crippen LogP contribution in [0.3, 0.4) is 0 Å². The number of aromatic nitrogens is 2. The summed E-state index contributed by atoms with van der Waals surface area (Å²) in [6, 6.07) is 11.0. The lowest BCUT2D eigenvalue weighted by atomic mass is 10.0. The van der Waals surface area contributed by atoms with Crippen LogP contribution in [-0.4, -0.2) is 4.57 Å². The van der Waals surface area contributed by atoms with Gasteiger partial charge in [0.2, 0.25) is 0 Å². The Hall–Kier alpha value is -1.57. The van der Waals surface area contributed by atoms with E-state index in [9.17, 15) is 0 Å². The SMILES string of the molecule is CCCCCCCCCCCCCCCCC[n+]1ccn(Cc2ccccc2)c1CCCCCCCCCCCCCCCC. The first kappa shape index (κ1) is 39.6. The molecule has 0 amide bonds. The molecule has 0 N–H and O–H groups in total. The molecule has 1 aromatic heterocycles. The van der Waals surface area contributed by atoms with E-state index >= 15 is 0 Å². The van der Waals surface area contributed by atoms with Gasteiger partial charge in [0.1, 0.15) is 18.9 Å². The van der Waals surface area contributed by atoms with Crippen molar-refractivity contribution in [3.8, 4) is 0 Å². The van der Waals surface area contributed by atoms with Crippen LogP contribution in [0.25, 0.3) is 0 Å². The third-order valence-electron chi connectivity index (χ3n) is 10.0. The molecule has 0 bridgehead atoms. The molecule has 0 aliphatic rings. The van der Waals surface area contributed by atoms with E-state index in [1.807, 2.05) is 0 Å². The molecule has 0 fully saturated rings. The van der Waals surface area contributed by atoms with Gasteiger partial charge in [-0.25, -0.2) is 9.13 Å². The van der Waals surface area contributed by atoms with Crippen LogP contribution in [0.2, 0.25) is 0 Å². The van der Waals surface area contributed by atoms with E-state index in [4.69, 9.17) is 0 Å². The molecule has 1 heterocycles. The van der Waals surface area contributed by atoms with Crippen molar-refractivity contribution < 1.29 is 4.57 Å². The molecule has 2 aromatic rings. The lowest BCUT2D eigenvalue weighted by molar-refractivity contribution is -0.704. The van der Waals surface area contributed by atoms with Crippen LogP contribution in [0.4, 0.5) is 0 Å². The first-order valence-electron chi connectivity index (χ1n) is 20.5. The zero-order valence-electron chi connectivity index (χ0n) is 30.6. The Morgan fingerprint density at radius 2 is 0.822 bits per heavy atom. The number of nitrogens with zero attached hydrogens (tertiary/aromatic N) is 2. The first-order chi connectivity index (χ1) is 22.3. The molecule has 1 aromatic carbocycles. The van der Waals surface area contributed by atoms with E-state index in [2.05, 4.69) is 65.7 Å². The summed E-state index contributed by atoms with van der Waals surface area (Å²) in [5.74, 6) is 1.54. The summed E-state index contributed by atoms with van der Waals surface area (Å²) in [5, 5.41) is 0. The fraction of sp³-hybridized carbons (Fsp3) is 0.791. The normalized spacial score (nSPS) is 11.5. The standard InChI is InChI=1S/C43H77N2/c1-3-5-7-9-11-13-15-17-19-21-23-25-27-29-34-38-44-39-40-45(41-42-35-31-30-32-36-42)43(44)37-33-28-26-24-22-20-18-16-14-12-10-8-6-4-2/h30-32,35-36,39-40H,3-29,33-34,37-38,41H2,1-2H3/q+1. The van der Waals surface area contributed by atoms with Crippen molar-refractivity contribution in [3.63, 3.8) is 0 Å². The molecule has 45 heavy (non-hydrogen) atoms. The predicted octanol–water partition coefficient (Wildman–Crippen LogP) is 13.7. The van der Waals surface area contributed by atoms with E-state index in [-0.39, 0.29) is 0 Å². The summed E-state index contributed by atoms with van der Waals surface area (Å²) >= 11 is 0. The molecule has 0 radical (unpaired) electrons. The summed E-state index contributed by atoms with van der Waals surface area (Å²) in [5.41, 5.74) is 1.41. The van der Waals surface area contributed by atoms with E-state index in [0.29, 0.717) is 0 Å². The highest BCUT2D eigenvalue weighted by molar-refractivity contribution is 5.15. The van der Waals surface area contributed by atoms with Crippen LogP contribution in [-0.2, 0) is 19.5 Å². The molecule has 0 saturated heterocycles. The van der Waals surface area contributed by atoms with Gasteiger partial charge in [-0.15, -0.1) is 0 Å². The molecule has 258 valence electrons. The van der Waals surface area contributed by atoms with Crippen molar-refractivity contribution in [3.05, 3.63) is 54.1 Å². The van der Waals surface area contributed by atoms with Gasteiger partial charge in [0.05, 0.1) is 6.54 Å². The zero-order valence-corrected chi connectivity index (χ0v) is 30.6. The average Bonchev–Trinajstić information content (AvgIpc) is 3.44. The van der Waals surface area contributed by atoms with Crippen molar-refractivity contribution >= 4 is 0 Å². The van der Waals surface area contributed by atoms with Gasteiger partial charge in [-0.1, -0.05) is 211 Å². The molecule has 2 heteroatoms. The van der Waals surface area contributed by atoms with Crippen LogP contribution in [0.15, 0.2) is 42.7 Å². The molecule has 0 unspecified atom stereocenters. The molecule has 0 spiro atoms. The minimum Gasteiger partial charge on any atom is -0.234 e. The highest BCUT2D eigenvalue weighted by Gasteiger charge is 2.17. The van der Waals surface area contributed by atoms with Crippen molar-refractivity contribution in [2.24, 2.45) is 0 Å². The Labute approximate surface area is 282 Å². The van der Waals surface area contributed by atoms with Crippen LogP contribution in [0.5, 0.6) is 0 Å². The van der Waals surface area contributed by atoms with Gasteiger partial charge in [0.15, 0.2) is 0 Å². The smallest absolute Gasteiger partial charge is 0.234 e. The van der Waals surface area contributed by atoms with Crippen molar-refractivity contribution in [1.82, 2.24) is 4.57 Å². The predicted molar refractivity (Wildman–Crippen MR) is 199 cm³/mol. The summed E-state index contributed by atoms with van der Waals surface area (Å²) in [4.78, 5) is 0. The number of hydrogen-bond donors (Lipinski definition) is 0. The molecule has 2 nitrogen and oxygen atoms in total. The highest BCUT2D eigenvalue weighted by atomic mass is 15.1. The maximum Gasteiger partial charge on any atom is 0.256 e. The third kappa shape index (κ3) is 21.8. The van der Waals surface area contributed by atoms with Crippen LogP contribution in [0, 0.1) is 0 Å². The minimum absolute atomic E-state index is 1.00. The summed E-state index contributed by atoms with van der Waals surface area (Å²) in [7, 11) is 0. The first-order valence-corrected chi connectivity index (χ1v) is 20.5. The molecule has 0 aliphatic carbocycles. The third-order valence-corrected chi connectivity index (χ3v) is 10.0. The van der Waals surface area contributed by atoms with Crippen molar-refractivity contribution in [2.75, 3.05) is 0 Å². The Morgan fingerprint density at radius 1 is 0.444 bits per heavy atom. The largest absolute Gasteiger partial charge is 0.256 e. The number of unbranched alkanes of at least 4 members (excludes halogenated alkanes) is 27. The zero-order chi connectivity index (χ0) is 31.9. The number of aryl methyl sites for hydroxylation is 1. The van der Waals surface area contributed by atoms with Crippen molar-refractivity contribution in [1.29, 1.82) is 0 Å². The Kier molecular flexibility index (Phi) is 26.2. The molecule has 0 atom stereocenters. The van der Waals surface area contributed by atoms with Crippen LogP contribution in [0.1, 0.15) is 211 Å². The highest BCUT2D eigenvalue weighted by Crippen LogP contribution is 2.16. The second-order valence-corrected chi connectivity index (χ2v) is 14.3. The molecular weight excluding hydrogens is 544 g/mol. The van der Waals surface area contributed by atoms with Crippen LogP contribution >= 0.6 is 0 Å². The van der Waals surface area contributed by atoms with Gasteiger partial charge in [-0.3, -0.25) is 0 Å². The van der Waals surface area contributed by atoms with Gasteiger partial charge in [0, 0.05) is 6.42 Å². The summed E-state index contributed by atoms with van der Waals surface area (Å²) < 4.78 is 5.12. The maximum atomic E-state index is 2.59. The van der Waals surface area contributed by atoms with Crippen LogP contribution < -0.4 is 4.57 Å². The number of hydrogen-bond acceptors (Lipinski definition) is 0. The van der Waals surface area contributed by atoms with Gasteiger partial charge >= 0.3 is 0 Å². The van der Waals surface area contributed by atoms with E-state index in [1.165, 1.54) is 205 Å². The number of benzene rings is 1. The summed E-state index contributed by atoms with van der Waals surface area (Å²) in [6.45, 7) is 6.80. The van der Waals surface area contributed by atoms with Gasteiger partial charge in [-0.05, 0) is 24.8 Å². The average molecular weight is 622 g/mol. The minimum atomic E-state index is 1.00. The van der Waals surface area contributed by atoms with Crippen molar-refractivity contribution in [2.45, 2.75) is 220 Å². The Balaban J connectivity index is 1.57. The van der Waals surface area contributed by atoms with Gasteiger partial charge < -0.3 is 0 Å². The molecule has 2 rings (SSSR count). The maximum absolute atomic E-state index is 2.59. The summed E-state index contributed by atoms with van der Waals surface area (Å²) in [6.07, 6.45) is 47.4. The second-order valence-electron chi connectivity index (χ2n) is 14.3. The second kappa shape index (κ2) is 29.8. The fourth-order valence-electron chi connectivity index (χ4n) is 7.04. The lowest BCUT2D eigenvalue weighted by Gasteiger charge is -2.07. The number of imidazole rings is 1. The Morgan fingerprint density at radius 3 is 1.24 bits per heavy atom. The lowest BCUT2D eigenvalue weighted by Crippen LogP contribution is -2.37.